The maximum Gasteiger partial charge on any atom is 0.119 e. The van der Waals surface area contributed by atoms with Crippen molar-refractivity contribution in [2.24, 2.45) is 5.73 Å². The summed E-state index contributed by atoms with van der Waals surface area (Å²) in [6.07, 6.45) is 3.01. The summed E-state index contributed by atoms with van der Waals surface area (Å²) in [5.74, 6) is 0.824. The third kappa shape index (κ3) is 5.59. The van der Waals surface area contributed by atoms with Gasteiger partial charge in [0.2, 0.25) is 0 Å². The molecule has 0 radical (unpaired) electrons. The fraction of sp³-hybridized carbons (Fsp3) is 0.600. The lowest BCUT2D eigenvalue weighted by Gasteiger charge is -2.25. The SMILES string of the molecule is CCC(N)(CO)CCCOc1ccc(CCO)cc1. The normalized spacial score (nSPS) is 14.1. The lowest BCUT2D eigenvalue weighted by atomic mass is 9.93. The summed E-state index contributed by atoms with van der Waals surface area (Å²) in [5.41, 5.74) is 6.62. The second-order valence-corrected chi connectivity index (χ2v) is 4.94. The first kappa shape index (κ1) is 16.0. The second kappa shape index (κ2) is 8.15. The number of ether oxygens (including phenoxy) is 1. The Bertz CT molecular complexity index is 347. The molecule has 0 spiro atoms. The number of rotatable bonds is 9. The largest absolute Gasteiger partial charge is 0.494 e. The van der Waals surface area contributed by atoms with Gasteiger partial charge in [0.05, 0.1) is 13.2 Å². The van der Waals surface area contributed by atoms with Crippen LogP contribution in [0.15, 0.2) is 24.3 Å². The minimum Gasteiger partial charge on any atom is -0.494 e. The molecular formula is C15H25NO3. The molecule has 0 heterocycles. The Balaban J connectivity index is 2.29. The fourth-order valence-electron chi connectivity index (χ4n) is 1.86. The standard InChI is InChI=1S/C15H25NO3/c1-2-15(16,12-18)9-3-11-19-14-6-4-13(5-7-14)8-10-17/h4-7,17-18H,2-3,8-12,16H2,1H3. The molecule has 4 N–H and O–H groups in total. The maximum atomic E-state index is 9.20. The summed E-state index contributed by atoms with van der Waals surface area (Å²) < 4.78 is 5.62. The molecule has 1 unspecified atom stereocenters. The topological polar surface area (TPSA) is 75.7 Å². The van der Waals surface area contributed by atoms with E-state index in [1.807, 2.05) is 31.2 Å². The van der Waals surface area contributed by atoms with Crippen LogP contribution in [-0.2, 0) is 6.42 Å². The van der Waals surface area contributed by atoms with Gasteiger partial charge in [-0.05, 0) is 43.4 Å². The Labute approximate surface area is 115 Å². The van der Waals surface area contributed by atoms with Gasteiger partial charge in [-0.1, -0.05) is 19.1 Å². The van der Waals surface area contributed by atoms with Gasteiger partial charge in [-0.15, -0.1) is 0 Å². The Morgan fingerprint density at radius 2 is 1.89 bits per heavy atom. The van der Waals surface area contributed by atoms with Gasteiger partial charge in [-0.3, -0.25) is 0 Å². The molecule has 0 saturated heterocycles. The number of benzene rings is 1. The molecule has 1 rings (SSSR count). The van der Waals surface area contributed by atoms with Crippen LogP contribution in [-0.4, -0.2) is 35.6 Å². The Morgan fingerprint density at radius 3 is 2.42 bits per heavy atom. The predicted molar refractivity (Wildman–Crippen MR) is 76.3 cm³/mol. The predicted octanol–water partition coefficient (Wildman–Crippen LogP) is 1.48. The zero-order chi connectivity index (χ0) is 14.1. The monoisotopic (exact) mass is 267 g/mol. The molecule has 1 aromatic carbocycles. The first-order valence-electron chi connectivity index (χ1n) is 6.86. The highest BCUT2D eigenvalue weighted by Gasteiger charge is 2.20. The van der Waals surface area contributed by atoms with E-state index in [1.54, 1.807) is 0 Å². The van der Waals surface area contributed by atoms with Crippen LogP contribution in [0.5, 0.6) is 5.75 Å². The van der Waals surface area contributed by atoms with Gasteiger partial charge in [0.15, 0.2) is 0 Å². The summed E-state index contributed by atoms with van der Waals surface area (Å²) >= 11 is 0. The van der Waals surface area contributed by atoms with E-state index in [-0.39, 0.29) is 13.2 Å². The molecule has 0 aliphatic heterocycles. The number of hydrogen-bond acceptors (Lipinski definition) is 4. The number of nitrogens with two attached hydrogens (primary N) is 1. The van der Waals surface area contributed by atoms with Crippen LogP contribution in [0.25, 0.3) is 0 Å². The average molecular weight is 267 g/mol. The van der Waals surface area contributed by atoms with Crippen LogP contribution < -0.4 is 10.5 Å². The Hall–Kier alpha value is -1.10. The molecule has 1 atom stereocenters. The molecule has 0 amide bonds. The molecule has 19 heavy (non-hydrogen) atoms. The van der Waals surface area contributed by atoms with E-state index in [1.165, 1.54) is 0 Å². The van der Waals surface area contributed by atoms with Gasteiger partial charge in [0.1, 0.15) is 5.75 Å². The van der Waals surface area contributed by atoms with Crippen molar-refractivity contribution in [1.29, 1.82) is 0 Å². The Morgan fingerprint density at radius 1 is 1.21 bits per heavy atom. The summed E-state index contributed by atoms with van der Waals surface area (Å²) in [4.78, 5) is 0. The summed E-state index contributed by atoms with van der Waals surface area (Å²) in [6.45, 7) is 2.76. The van der Waals surface area contributed by atoms with E-state index in [4.69, 9.17) is 15.6 Å². The quantitative estimate of drug-likeness (QED) is 0.592. The van der Waals surface area contributed by atoms with Gasteiger partial charge >= 0.3 is 0 Å². The summed E-state index contributed by atoms with van der Waals surface area (Å²) in [5, 5.41) is 18.0. The molecule has 0 saturated carbocycles. The van der Waals surface area contributed by atoms with E-state index >= 15 is 0 Å². The van der Waals surface area contributed by atoms with Gasteiger partial charge in [-0.2, -0.15) is 0 Å². The first-order chi connectivity index (χ1) is 9.13. The molecule has 0 fully saturated rings. The van der Waals surface area contributed by atoms with Crippen molar-refractivity contribution in [2.45, 2.75) is 38.1 Å². The van der Waals surface area contributed by atoms with Gasteiger partial charge in [0, 0.05) is 12.1 Å². The van der Waals surface area contributed by atoms with Crippen LogP contribution in [0.3, 0.4) is 0 Å². The highest BCUT2D eigenvalue weighted by atomic mass is 16.5. The van der Waals surface area contributed by atoms with E-state index in [9.17, 15) is 5.11 Å². The van der Waals surface area contributed by atoms with E-state index in [0.29, 0.717) is 13.0 Å². The smallest absolute Gasteiger partial charge is 0.119 e. The van der Waals surface area contributed by atoms with Gasteiger partial charge < -0.3 is 20.7 Å². The van der Waals surface area contributed by atoms with Crippen molar-refractivity contribution in [2.75, 3.05) is 19.8 Å². The minimum atomic E-state index is -0.478. The molecule has 108 valence electrons. The molecule has 0 bridgehead atoms. The lowest BCUT2D eigenvalue weighted by Crippen LogP contribution is -2.43. The van der Waals surface area contributed by atoms with E-state index in [2.05, 4.69) is 0 Å². The zero-order valence-corrected chi connectivity index (χ0v) is 11.6. The third-order valence-electron chi connectivity index (χ3n) is 3.43. The van der Waals surface area contributed by atoms with Crippen molar-refractivity contribution < 1.29 is 14.9 Å². The van der Waals surface area contributed by atoms with Crippen LogP contribution in [0, 0.1) is 0 Å². The number of hydrogen-bond donors (Lipinski definition) is 3. The minimum absolute atomic E-state index is 0.0133. The highest BCUT2D eigenvalue weighted by Crippen LogP contribution is 2.16. The molecule has 1 aromatic rings. The average Bonchev–Trinajstić information content (AvgIpc) is 2.45. The van der Waals surface area contributed by atoms with Crippen molar-refractivity contribution in [3.63, 3.8) is 0 Å². The van der Waals surface area contributed by atoms with Gasteiger partial charge in [0.25, 0.3) is 0 Å². The number of aliphatic hydroxyl groups is 2. The van der Waals surface area contributed by atoms with E-state index in [0.717, 1.165) is 30.6 Å². The van der Waals surface area contributed by atoms with Crippen molar-refractivity contribution in [3.8, 4) is 5.75 Å². The maximum absolute atomic E-state index is 9.20. The fourth-order valence-corrected chi connectivity index (χ4v) is 1.86. The molecular weight excluding hydrogens is 242 g/mol. The van der Waals surface area contributed by atoms with Gasteiger partial charge in [-0.25, -0.2) is 0 Å². The molecule has 0 aromatic heterocycles. The summed E-state index contributed by atoms with van der Waals surface area (Å²) in [6, 6.07) is 7.73. The van der Waals surface area contributed by atoms with E-state index < -0.39 is 5.54 Å². The highest BCUT2D eigenvalue weighted by molar-refractivity contribution is 5.27. The second-order valence-electron chi connectivity index (χ2n) is 4.94. The van der Waals surface area contributed by atoms with Crippen LogP contribution in [0.2, 0.25) is 0 Å². The zero-order valence-electron chi connectivity index (χ0n) is 11.6. The lowest BCUT2D eigenvalue weighted by molar-refractivity contribution is 0.171. The van der Waals surface area contributed by atoms with Crippen molar-refractivity contribution in [1.82, 2.24) is 0 Å². The molecule has 0 aliphatic rings. The third-order valence-corrected chi connectivity index (χ3v) is 3.43. The molecule has 4 heteroatoms. The molecule has 0 aliphatic carbocycles. The Kier molecular flexibility index (Phi) is 6.84. The first-order valence-corrected chi connectivity index (χ1v) is 6.86. The van der Waals surface area contributed by atoms with Crippen molar-refractivity contribution >= 4 is 0 Å². The number of aliphatic hydroxyl groups excluding tert-OH is 2. The van der Waals surface area contributed by atoms with Crippen molar-refractivity contribution in [3.05, 3.63) is 29.8 Å². The van der Waals surface area contributed by atoms with Crippen LogP contribution >= 0.6 is 0 Å². The van der Waals surface area contributed by atoms with Crippen LogP contribution in [0.4, 0.5) is 0 Å². The summed E-state index contributed by atoms with van der Waals surface area (Å²) in [7, 11) is 0. The molecule has 4 nitrogen and oxygen atoms in total. The van der Waals surface area contributed by atoms with Crippen LogP contribution in [0.1, 0.15) is 31.7 Å².